The third-order valence-electron chi connectivity index (χ3n) is 2.36. The first kappa shape index (κ1) is 17.4. The van der Waals surface area contributed by atoms with Crippen LogP contribution in [0.5, 0.6) is 0 Å². The standard InChI is InChI=1S/C12H22N2O5/c1-18-11(16)5-3-7-13-9-10(15)14-8-4-6-12(17)19-2/h13H,3-9H2,1-2H3,(H,14,15). The molecule has 0 aliphatic heterocycles. The highest BCUT2D eigenvalue weighted by molar-refractivity contribution is 5.78. The van der Waals surface area contributed by atoms with Crippen LogP contribution in [0, 0.1) is 0 Å². The normalized spacial score (nSPS) is 9.79. The second-order valence-electron chi connectivity index (χ2n) is 3.89. The van der Waals surface area contributed by atoms with Gasteiger partial charge in [0.2, 0.25) is 5.91 Å². The lowest BCUT2D eigenvalue weighted by molar-refractivity contribution is -0.141. The van der Waals surface area contributed by atoms with Gasteiger partial charge in [-0.05, 0) is 19.4 Å². The Labute approximate surface area is 113 Å². The van der Waals surface area contributed by atoms with Crippen LogP contribution < -0.4 is 10.6 Å². The van der Waals surface area contributed by atoms with Gasteiger partial charge in [0.05, 0.1) is 20.8 Å². The molecule has 110 valence electrons. The summed E-state index contributed by atoms with van der Waals surface area (Å²) in [5, 5.41) is 5.59. The number of carbonyl (C=O) groups is 3. The minimum atomic E-state index is -0.282. The highest BCUT2D eigenvalue weighted by Crippen LogP contribution is 1.90. The van der Waals surface area contributed by atoms with Crippen LogP contribution in [0.2, 0.25) is 0 Å². The lowest BCUT2D eigenvalue weighted by atomic mass is 10.3. The Hall–Kier alpha value is -1.63. The van der Waals surface area contributed by atoms with Gasteiger partial charge in [0.25, 0.3) is 0 Å². The average molecular weight is 274 g/mol. The molecule has 19 heavy (non-hydrogen) atoms. The molecule has 0 unspecified atom stereocenters. The zero-order valence-electron chi connectivity index (χ0n) is 11.5. The van der Waals surface area contributed by atoms with E-state index in [2.05, 4.69) is 20.1 Å². The molecule has 0 fully saturated rings. The molecule has 0 aliphatic rings. The predicted octanol–water partition coefficient (Wildman–Crippen LogP) is -0.401. The van der Waals surface area contributed by atoms with Crippen LogP contribution in [-0.2, 0) is 23.9 Å². The summed E-state index contributed by atoms with van der Waals surface area (Å²) in [4.78, 5) is 32.9. The van der Waals surface area contributed by atoms with Crippen LogP contribution in [0.25, 0.3) is 0 Å². The van der Waals surface area contributed by atoms with E-state index in [1.54, 1.807) is 0 Å². The van der Waals surface area contributed by atoms with E-state index in [9.17, 15) is 14.4 Å². The van der Waals surface area contributed by atoms with E-state index >= 15 is 0 Å². The molecule has 0 saturated carbocycles. The van der Waals surface area contributed by atoms with Crippen LogP contribution in [-0.4, -0.2) is 51.7 Å². The zero-order chi connectivity index (χ0) is 14.5. The van der Waals surface area contributed by atoms with Gasteiger partial charge in [-0.15, -0.1) is 0 Å². The summed E-state index contributed by atoms with van der Waals surface area (Å²) in [6, 6.07) is 0. The molecule has 0 heterocycles. The molecule has 0 aromatic rings. The molecule has 7 heteroatoms. The minimum Gasteiger partial charge on any atom is -0.469 e. The first-order valence-corrected chi connectivity index (χ1v) is 6.21. The van der Waals surface area contributed by atoms with E-state index in [1.165, 1.54) is 14.2 Å². The van der Waals surface area contributed by atoms with Gasteiger partial charge in [-0.25, -0.2) is 0 Å². The molecule has 7 nitrogen and oxygen atoms in total. The number of esters is 2. The van der Waals surface area contributed by atoms with Crippen molar-refractivity contribution in [3.05, 3.63) is 0 Å². The summed E-state index contributed by atoms with van der Waals surface area (Å²) >= 11 is 0. The minimum absolute atomic E-state index is 0.136. The molecule has 0 radical (unpaired) electrons. The summed E-state index contributed by atoms with van der Waals surface area (Å²) in [7, 11) is 2.68. The molecule has 0 aromatic carbocycles. The van der Waals surface area contributed by atoms with Gasteiger partial charge in [-0.3, -0.25) is 14.4 Å². The number of carbonyl (C=O) groups excluding carboxylic acids is 3. The SMILES string of the molecule is COC(=O)CCCNCC(=O)NCCCC(=O)OC. The number of hydrogen-bond acceptors (Lipinski definition) is 6. The Balaban J connectivity index is 3.35. The van der Waals surface area contributed by atoms with Crippen molar-refractivity contribution in [1.82, 2.24) is 10.6 Å². The maximum absolute atomic E-state index is 11.3. The van der Waals surface area contributed by atoms with E-state index in [-0.39, 0.29) is 24.4 Å². The molecule has 0 aliphatic carbocycles. The number of ether oxygens (including phenoxy) is 2. The van der Waals surface area contributed by atoms with Gasteiger partial charge in [0.15, 0.2) is 0 Å². The van der Waals surface area contributed by atoms with Crippen LogP contribution in [0.4, 0.5) is 0 Å². The van der Waals surface area contributed by atoms with Gasteiger partial charge in [0, 0.05) is 19.4 Å². The van der Waals surface area contributed by atoms with Crippen molar-refractivity contribution in [1.29, 1.82) is 0 Å². The number of amides is 1. The van der Waals surface area contributed by atoms with E-state index in [0.717, 1.165) is 0 Å². The highest BCUT2D eigenvalue weighted by Gasteiger charge is 2.03. The number of nitrogens with one attached hydrogen (secondary N) is 2. The molecule has 0 saturated heterocycles. The maximum Gasteiger partial charge on any atom is 0.305 e. The van der Waals surface area contributed by atoms with Crippen molar-refractivity contribution in [2.75, 3.05) is 33.9 Å². The number of rotatable bonds is 10. The molecule has 1 amide bonds. The van der Waals surface area contributed by atoms with Crippen molar-refractivity contribution < 1.29 is 23.9 Å². The summed E-state index contributed by atoms with van der Waals surface area (Å²) < 4.78 is 8.96. The van der Waals surface area contributed by atoms with Crippen LogP contribution >= 0.6 is 0 Å². The molecular formula is C12H22N2O5. The monoisotopic (exact) mass is 274 g/mol. The van der Waals surface area contributed by atoms with E-state index in [1.807, 2.05) is 0 Å². The first-order chi connectivity index (χ1) is 9.10. The Bertz CT molecular complexity index is 294. The third-order valence-corrected chi connectivity index (χ3v) is 2.36. The van der Waals surface area contributed by atoms with Gasteiger partial charge in [-0.1, -0.05) is 0 Å². The summed E-state index contributed by atoms with van der Waals surface area (Å²) in [6.45, 7) is 1.21. The third kappa shape index (κ3) is 11.2. The first-order valence-electron chi connectivity index (χ1n) is 6.21. The van der Waals surface area contributed by atoms with Crippen molar-refractivity contribution in [2.24, 2.45) is 0 Å². The average Bonchev–Trinajstić information content (AvgIpc) is 2.42. The molecule has 0 rings (SSSR count). The van der Waals surface area contributed by atoms with E-state index < -0.39 is 0 Å². The predicted molar refractivity (Wildman–Crippen MR) is 68.4 cm³/mol. The van der Waals surface area contributed by atoms with Crippen LogP contribution in [0.15, 0.2) is 0 Å². The Morgan fingerprint density at radius 3 is 1.95 bits per heavy atom. The topological polar surface area (TPSA) is 93.7 Å². The zero-order valence-corrected chi connectivity index (χ0v) is 11.5. The Morgan fingerprint density at radius 1 is 0.895 bits per heavy atom. The van der Waals surface area contributed by atoms with Crippen molar-refractivity contribution in [3.63, 3.8) is 0 Å². The van der Waals surface area contributed by atoms with E-state index in [4.69, 9.17) is 0 Å². The van der Waals surface area contributed by atoms with Crippen molar-refractivity contribution in [3.8, 4) is 0 Å². The van der Waals surface area contributed by atoms with Gasteiger partial charge >= 0.3 is 11.9 Å². The number of methoxy groups -OCH3 is 2. The second kappa shape index (κ2) is 11.5. The van der Waals surface area contributed by atoms with Crippen molar-refractivity contribution in [2.45, 2.75) is 25.7 Å². The van der Waals surface area contributed by atoms with Crippen LogP contribution in [0.1, 0.15) is 25.7 Å². The Morgan fingerprint density at radius 2 is 1.42 bits per heavy atom. The highest BCUT2D eigenvalue weighted by atomic mass is 16.5. The molecule has 0 bridgehead atoms. The molecular weight excluding hydrogens is 252 g/mol. The maximum atomic E-state index is 11.3. The fraction of sp³-hybridized carbons (Fsp3) is 0.750. The summed E-state index contributed by atoms with van der Waals surface area (Å²) in [6.07, 6.45) is 1.82. The quantitative estimate of drug-likeness (QED) is 0.416. The van der Waals surface area contributed by atoms with E-state index in [0.29, 0.717) is 38.8 Å². The molecule has 0 aromatic heterocycles. The smallest absolute Gasteiger partial charge is 0.305 e. The fourth-order valence-corrected chi connectivity index (χ4v) is 1.29. The van der Waals surface area contributed by atoms with Gasteiger partial charge in [-0.2, -0.15) is 0 Å². The molecule has 0 atom stereocenters. The largest absolute Gasteiger partial charge is 0.469 e. The van der Waals surface area contributed by atoms with Gasteiger partial charge < -0.3 is 20.1 Å². The number of hydrogen-bond donors (Lipinski definition) is 2. The lowest BCUT2D eigenvalue weighted by Gasteiger charge is -2.06. The Kier molecular flexibility index (Phi) is 10.5. The fourth-order valence-electron chi connectivity index (χ4n) is 1.29. The molecule has 2 N–H and O–H groups in total. The van der Waals surface area contributed by atoms with Gasteiger partial charge in [0.1, 0.15) is 0 Å². The van der Waals surface area contributed by atoms with Crippen LogP contribution in [0.3, 0.4) is 0 Å². The lowest BCUT2D eigenvalue weighted by Crippen LogP contribution is -2.35. The molecule has 0 spiro atoms. The summed E-state index contributed by atoms with van der Waals surface area (Å²) in [5.74, 6) is -0.674. The summed E-state index contributed by atoms with van der Waals surface area (Å²) in [5.41, 5.74) is 0. The van der Waals surface area contributed by atoms with Crippen molar-refractivity contribution >= 4 is 17.8 Å². The second-order valence-corrected chi connectivity index (χ2v) is 3.89.